The molecular formula is C23H29ClN2O4S. The Morgan fingerprint density at radius 2 is 1.81 bits per heavy atom. The average Bonchev–Trinajstić information content (AvgIpc) is 2.78. The first kappa shape index (κ1) is 23.6. The Morgan fingerprint density at radius 3 is 2.39 bits per heavy atom. The minimum atomic E-state index is -3.58. The van der Waals surface area contributed by atoms with E-state index in [1.165, 1.54) is 4.31 Å². The molecule has 1 amide bonds. The van der Waals surface area contributed by atoms with Gasteiger partial charge >= 0.3 is 0 Å². The summed E-state index contributed by atoms with van der Waals surface area (Å²) in [6.07, 6.45) is 1.03. The lowest BCUT2D eigenvalue weighted by molar-refractivity contribution is -0.137. The SMILES string of the molecule is CCOc1ccc(S(=O)(=O)N2CCC(C(=O)N(CC)Cc3cccc(Cl)c3)CC2)cc1. The normalized spacial score (nSPS) is 15.6. The molecule has 0 aromatic heterocycles. The smallest absolute Gasteiger partial charge is 0.243 e. The standard InChI is InChI=1S/C23H29ClN2O4S/c1-3-25(17-18-6-5-7-20(24)16-18)23(27)19-12-14-26(15-13-19)31(28,29)22-10-8-21(9-11-22)30-4-2/h5-11,16,19H,3-4,12-15,17H2,1-2H3. The third-order valence-corrected chi connectivity index (χ3v) is 7.68. The van der Waals surface area contributed by atoms with Gasteiger partial charge in [-0.05, 0) is 68.7 Å². The molecule has 1 saturated heterocycles. The second-order valence-electron chi connectivity index (χ2n) is 7.57. The van der Waals surface area contributed by atoms with Gasteiger partial charge in [0.15, 0.2) is 0 Å². The van der Waals surface area contributed by atoms with E-state index in [1.807, 2.05) is 43.0 Å². The Kier molecular flexibility index (Phi) is 7.97. The summed E-state index contributed by atoms with van der Waals surface area (Å²) in [6, 6.07) is 14.0. The van der Waals surface area contributed by atoms with Crippen LogP contribution < -0.4 is 4.74 Å². The van der Waals surface area contributed by atoms with Gasteiger partial charge in [-0.2, -0.15) is 4.31 Å². The van der Waals surface area contributed by atoms with E-state index in [4.69, 9.17) is 16.3 Å². The van der Waals surface area contributed by atoms with Crippen LogP contribution in [0.2, 0.25) is 5.02 Å². The summed E-state index contributed by atoms with van der Waals surface area (Å²) in [4.78, 5) is 15.1. The third kappa shape index (κ3) is 5.79. The van der Waals surface area contributed by atoms with Crippen molar-refractivity contribution in [2.75, 3.05) is 26.2 Å². The van der Waals surface area contributed by atoms with Gasteiger partial charge in [0, 0.05) is 37.1 Å². The van der Waals surface area contributed by atoms with Gasteiger partial charge in [0.2, 0.25) is 15.9 Å². The molecule has 0 atom stereocenters. The number of halogens is 1. The fraction of sp³-hybridized carbons (Fsp3) is 0.435. The van der Waals surface area contributed by atoms with E-state index in [2.05, 4.69) is 0 Å². The molecule has 0 bridgehead atoms. The summed E-state index contributed by atoms with van der Waals surface area (Å²) < 4.78 is 32.8. The monoisotopic (exact) mass is 464 g/mol. The number of piperidine rings is 1. The van der Waals surface area contributed by atoms with Crippen LogP contribution in [0, 0.1) is 5.92 Å². The first-order valence-corrected chi connectivity index (χ1v) is 12.4. The van der Waals surface area contributed by atoms with Gasteiger partial charge in [0.1, 0.15) is 5.75 Å². The number of hydrogen-bond donors (Lipinski definition) is 0. The molecule has 0 aliphatic carbocycles. The zero-order valence-electron chi connectivity index (χ0n) is 18.0. The fourth-order valence-electron chi connectivity index (χ4n) is 3.83. The van der Waals surface area contributed by atoms with Gasteiger partial charge in [-0.15, -0.1) is 0 Å². The van der Waals surface area contributed by atoms with Crippen LogP contribution >= 0.6 is 11.6 Å². The lowest BCUT2D eigenvalue weighted by atomic mass is 9.96. The van der Waals surface area contributed by atoms with Gasteiger partial charge in [-0.3, -0.25) is 4.79 Å². The second kappa shape index (κ2) is 10.5. The van der Waals surface area contributed by atoms with E-state index in [0.29, 0.717) is 56.4 Å². The number of sulfonamides is 1. The first-order chi connectivity index (χ1) is 14.8. The molecule has 1 fully saturated rings. The van der Waals surface area contributed by atoms with Gasteiger partial charge in [0.05, 0.1) is 11.5 Å². The maximum Gasteiger partial charge on any atom is 0.243 e. The van der Waals surface area contributed by atoms with Gasteiger partial charge in [0.25, 0.3) is 0 Å². The van der Waals surface area contributed by atoms with Crippen molar-refractivity contribution in [2.24, 2.45) is 5.92 Å². The summed E-state index contributed by atoms with van der Waals surface area (Å²) in [6.45, 7) is 6.12. The number of nitrogens with zero attached hydrogens (tertiary/aromatic N) is 2. The molecule has 0 saturated carbocycles. The summed E-state index contributed by atoms with van der Waals surface area (Å²) in [7, 11) is -3.58. The van der Waals surface area contributed by atoms with Crippen molar-refractivity contribution in [2.45, 2.75) is 38.1 Å². The van der Waals surface area contributed by atoms with Crippen molar-refractivity contribution in [3.05, 3.63) is 59.1 Å². The molecule has 2 aromatic rings. The predicted octanol–water partition coefficient (Wildman–Crippen LogP) is 4.19. The van der Waals surface area contributed by atoms with Crippen molar-refractivity contribution in [1.82, 2.24) is 9.21 Å². The molecule has 0 unspecified atom stereocenters. The van der Waals surface area contributed by atoms with Crippen LogP contribution in [0.25, 0.3) is 0 Å². The highest BCUT2D eigenvalue weighted by Gasteiger charge is 2.33. The molecule has 3 rings (SSSR count). The number of ether oxygens (including phenoxy) is 1. The molecule has 1 heterocycles. The summed E-state index contributed by atoms with van der Waals surface area (Å²) in [5, 5.41) is 0.647. The molecule has 0 N–H and O–H groups in total. The molecule has 2 aromatic carbocycles. The summed E-state index contributed by atoms with van der Waals surface area (Å²) >= 11 is 6.06. The van der Waals surface area contributed by atoms with Crippen molar-refractivity contribution >= 4 is 27.5 Å². The third-order valence-electron chi connectivity index (χ3n) is 5.53. The molecule has 0 radical (unpaired) electrons. The van der Waals surface area contributed by atoms with Crippen LogP contribution in [0.4, 0.5) is 0 Å². The zero-order chi connectivity index (χ0) is 22.4. The minimum absolute atomic E-state index is 0.0700. The van der Waals surface area contributed by atoms with Crippen LogP contribution in [0.1, 0.15) is 32.3 Å². The van der Waals surface area contributed by atoms with E-state index in [-0.39, 0.29) is 16.7 Å². The van der Waals surface area contributed by atoms with Crippen LogP contribution in [0.5, 0.6) is 5.75 Å². The fourth-order valence-corrected chi connectivity index (χ4v) is 5.51. The van der Waals surface area contributed by atoms with E-state index in [9.17, 15) is 13.2 Å². The Balaban J connectivity index is 1.61. The van der Waals surface area contributed by atoms with Gasteiger partial charge < -0.3 is 9.64 Å². The molecule has 168 valence electrons. The largest absolute Gasteiger partial charge is 0.494 e. The lowest BCUT2D eigenvalue weighted by Crippen LogP contribution is -2.44. The maximum atomic E-state index is 13.1. The Bertz CT molecular complexity index is 987. The van der Waals surface area contributed by atoms with Crippen LogP contribution in [-0.4, -0.2) is 49.8 Å². The highest BCUT2D eigenvalue weighted by molar-refractivity contribution is 7.89. The Hall–Kier alpha value is -2.09. The molecule has 1 aliphatic rings. The number of carbonyl (C=O) groups is 1. The average molecular weight is 465 g/mol. The topological polar surface area (TPSA) is 66.9 Å². The predicted molar refractivity (Wildman–Crippen MR) is 122 cm³/mol. The molecule has 1 aliphatic heterocycles. The van der Waals surface area contributed by atoms with E-state index >= 15 is 0 Å². The van der Waals surface area contributed by atoms with Gasteiger partial charge in [-0.25, -0.2) is 8.42 Å². The lowest BCUT2D eigenvalue weighted by Gasteiger charge is -2.33. The molecular weight excluding hydrogens is 436 g/mol. The molecule has 0 spiro atoms. The number of benzene rings is 2. The van der Waals surface area contributed by atoms with Crippen molar-refractivity contribution in [3.63, 3.8) is 0 Å². The minimum Gasteiger partial charge on any atom is -0.494 e. The number of amides is 1. The highest BCUT2D eigenvalue weighted by atomic mass is 35.5. The first-order valence-electron chi connectivity index (χ1n) is 10.6. The maximum absolute atomic E-state index is 13.1. The number of hydrogen-bond acceptors (Lipinski definition) is 4. The van der Waals surface area contributed by atoms with Crippen molar-refractivity contribution < 1.29 is 17.9 Å². The van der Waals surface area contributed by atoms with Crippen LogP contribution in [-0.2, 0) is 21.4 Å². The molecule has 6 nitrogen and oxygen atoms in total. The van der Waals surface area contributed by atoms with Crippen LogP contribution in [0.15, 0.2) is 53.4 Å². The van der Waals surface area contributed by atoms with Crippen molar-refractivity contribution in [3.8, 4) is 5.75 Å². The molecule has 31 heavy (non-hydrogen) atoms. The van der Waals surface area contributed by atoms with Gasteiger partial charge in [-0.1, -0.05) is 23.7 Å². The Morgan fingerprint density at radius 1 is 1.13 bits per heavy atom. The summed E-state index contributed by atoms with van der Waals surface area (Å²) in [5.74, 6) is 0.539. The van der Waals surface area contributed by atoms with E-state index in [1.54, 1.807) is 24.3 Å². The van der Waals surface area contributed by atoms with E-state index in [0.717, 1.165) is 5.56 Å². The number of rotatable bonds is 8. The highest BCUT2D eigenvalue weighted by Crippen LogP contribution is 2.27. The number of carbonyl (C=O) groups excluding carboxylic acids is 1. The second-order valence-corrected chi connectivity index (χ2v) is 9.94. The zero-order valence-corrected chi connectivity index (χ0v) is 19.5. The quantitative estimate of drug-likeness (QED) is 0.587. The van der Waals surface area contributed by atoms with Crippen molar-refractivity contribution in [1.29, 1.82) is 0 Å². The van der Waals surface area contributed by atoms with Crippen LogP contribution in [0.3, 0.4) is 0 Å². The Labute approximate surface area is 189 Å². The van der Waals surface area contributed by atoms with E-state index < -0.39 is 10.0 Å². The summed E-state index contributed by atoms with van der Waals surface area (Å²) in [5.41, 5.74) is 0.984. The molecule has 8 heteroatoms.